The first-order valence-corrected chi connectivity index (χ1v) is 5.34. The van der Waals surface area contributed by atoms with E-state index in [1.165, 1.54) is 12.8 Å². The van der Waals surface area contributed by atoms with E-state index in [0.717, 1.165) is 24.9 Å². The molecule has 78 valence electrons. The number of anilines is 1. The quantitative estimate of drug-likeness (QED) is 0.716. The minimum absolute atomic E-state index is 0.448. The van der Waals surface area contributed by atoms with Crippen LogP contribution in [0.15, 0.2) is 0 Å². The van der Waals surface area contributed by atoms with Gasteiger partial charge in [-0.1, -0.05) is 13.8 Å². The van der Waals surface area contributed by atoms with Gasteiger partial charge in [0.15, 0.2) is 0 Å². The highest BCUT2D eigenvalue weighted by atomic mass is 15.4. The van der Waals surface area contributed by atoms with Crippen molar-refractivity contribution in [3.8, 4) is 0 Å². The van der Waals surface area contributed by atoms with Gasteiger partial charge in [0.05, 0.1) is 0 Å². The largest absolute Gasteiger partial charge is 0.341 e. The standard InChI is InChI=1S/C10H18N4/c1-8(2)9-11-12-10(13(9)3)14-6-4-5-7-14/h8H,4-7H2,1-3H3. The van der Waals surface area contributed by atoms with Crippen LogP contribution in [-0.2, 0) is 7.05 Å². The Balaban J connectivity index is 2.26. The molecule has 14 heavy (non-hydrogen) atoms. The van der Waals surface area contributed by atoms with Gasteiger partial charge in [0.25, 0.3) is 0 Å². The van der Waals surface area contributed by atoms with Crippen molar-refractivity contribution < 1.29 is 0 Å². The fraction of sp³-hybridized carbons (Fsp3) is 0.800. The molecule has 2 rings (SSSR count). The van der Waals surface area contributed by atoms with Crippen LogP contribution in [0.2, 0.25) is 0 Å². The van der Waals surface area contributed by atoms with Crippen molar-refractivity contribution in [2.75, 3.05) is 18.0 Å². The molecule has 0 amide bonds. The van der Waals surface area contributed by atoms with E-state index >= 15 is 0 Å². The second-order valence-corrected chi connectivity index (χ2v) is 4.27. The Morgan fingerprint density at radius 3 is 2.29 bits per heavy atom. The van der Waals surface area contributed by atoms with Gasteiger partial charge in [-0.25, -0.2) is 0 Å². The first kappa shape index (κ1) is 9.49. The van der Waals surface area contributed by atoms with Crippen molar-refractivity contribution in [3.63, 3.8) is 0 Å². The van der Waals surface area contributed by atoms with Crippen molar-refractivity contribution in [2.45, 2.75) is 32.6 Å². The predicted octanol–water partition coefficient (Wildman–Crippen LogP) is 1.54. The van der Waals surface area contributed by atoms with Crippen LogP contribution in [0, 0.1) is 0 Å². The molecule has 0 atom stereocenters. The molecule has 0 N–H and O–H groups in total. The monoisotopic (exact) mass is 194 g/mol. The highest BCUT2D eigenvalue weighted by Crippen LogP contribution is 2.20. The maximum Gasteiger partial charge on any atom is 0.226 e. The lowest BCUT2D eigenvalue weighted by Gasteiger charge is -2.16. The Morgan fingerprint density at radius 1 is 1.14 bits per heavy atom. The van der Waals surface area contributed by atoms with Crippen LogP contribution in [-0.4, -0.2) is 27.9 Å². The zero-order chi connectivity index (χ0) is 10.1. The molecule has 4 nitrogen and oxygen atoms in total. The Hall–Kier alpha value is -1.06. The predicted molar refractivity (Wildman–Crippen MR) is 56.5 cm³/mol. The molecule has 0 aromatic carbocycles. The zero-order valence-corrected chi connectivity index (χ0v) is 9.19. The van der Waals surface area contributed by atoms with Gasteiger partial charge in [0.1, 0.15) is 5.82 Å². The average Bonchev–Trinajstić information content (AvgIpc) is 2.71. The minimum atomic E-state index is 0.448. The summed E-state index contributed by atoms with van der Waals surface area (Å²) in [4.78, 5) is 2.32. The highest BCUT2D eigenvalue weighted by Gasteiger charge is 2.19. The van der Waals surface area contributed by atoms with Crippen molar-refractivity contribution in [1.82, 2.24) is 14.8 Å². The highest BCUT2D eigenvalue weighted by molar-refractivity contribution is 5.32. The van der Waals surface area contributed by atoms with E-state index in [1.54, 1.807) is 0 Å². The first-order chi connectivity index (χ1) is 6.70. The van der Waals surface area contributed by atoms with Crippen LogP contribution >= 0.6 is 0 Å². The third-order valence-corrected chi connectivity index (χ3v) is 2.79. The second kappa shape index (κ2) is 3.59. The van der Waals surface area contributed by atoms with Crippen LogP contribution < -0.4 is 4.90 Å². The second-order valence-electron chi connectivity index (χ2n) is 4.27. The number of rotatable bonds is 2. The number of nitrogens with zero attached hydrogens (tertiary/aromatic N) is 4. The Kier molecular flexibility index (Phi) is 2.44. The third kappa shape index (κ3) is 1.49. The maximum atomic E-state index is 4.26. The molecule has 1 saturated heterocycles. The molecule has 1 aliphatic rings. The summed E-state index contributed by atoms with van der Waals surface area (Å²) in [6.45, 7) is 6.56. The van der Waals surface area contributed by atoms with E-state index in [0.29, 0.717) is 5.92 Å². The summed E-state index contributed by atoms with van der Waals surface area (Å²) >= 11 is 0. The lowest BCUT2D eigenvalue weighted by atomic mass is 10.2. The van der Waals surface area contributed by atoms with E-state index < -0.39 is 0 Å². The van der Waals surface area contributed by atoms with Crippen molar-refractivity contribution in [1.29, 1.82) is 0 Å². The van der Waals surface area contributed by atoms with Gasteiger partial charge in [0.2, 0.25) is 5.95 Å². The summed E-state index contributed by atoms with van der Waals surface area (Å²) in [5, 5.41) is 8.49. The molecular formula is C10H18N4. The molecule has 0 bridgehead atoms. The Labute approximate surface area is 84.9 Å². The summed E-state index contributed by atoms with van der Waals surface area (Å²) in [6, 6.07) is 0. The van der Waals surface area contributed by atoms with Gasteiger partial charge in [0, 0.05) is 26.1 Å². The van der Waals surface area contributed by atoms with Gasteiger partial charge in [-0.2, -0.15) is 0 Å². The van der Waals surface area contributed by atoms with E-state index in [1.807, 2.05) is 0 Å². The van der Waals surface area contributed by atoms with Crippen LogP contribution in [0.1, 0.15) is 38.4 Å². The van der Waals surface area contributed by atoms with E-state index in [9.17, 15) is 0 Å². The van der Waals surface area contributed by atoms with Gasteiger partial charge < -0.3 is 9.47 Å². The lowest BCUT2D eigenvalue weighted by molar-refractivity contribution is 0.702. The maximum absolute atomic E-state index is 4.26. The van der Waals surface area contributed by atoms with Crippen LogP contribution in [0.3, 0.4) is 0 Å². The normalized spacial score (nSPS) is 17.0. The van der Waals surface area contributed by atoms with Gasteiger partial charge >= 0.3 is 0 Å². The minimum Gasteiger partial charge on any atom is -0.341 e. The summed E-state index contributed by atoms with van der Waals surface area (Å²) in [5.41, 5.74) is 0. The van der Waals surface area contributed by atoms with Gasteiger partial charge in [-0.05, 0) is 12.8 Å². The fourth-order valence-electron chi connectivity index (χ4n) is 2.03. The van der Waals surface area contributed by atoms with E-state index in [-0.39, 0.29) is 0 Å². The van der Waals surface area contributed by atoms with Crippen molar-refractivity contribution in [3.05, 3.63) is 5.82 Å². The van der Waals surface area contributed by atoms with Gasteiger partial charge in [-0.15, -0.1) is 10.2 Å². The third-order valence-electron chi connectivity index (χ3n) is 2.79. The fourth-order valence-corrected chi connectivity index (χ4v) is 2.03. The molecule has 1 fully saturated rings. The number of hydrogen-bond donors (Lipinski definition) is 0. The SMILES string of the molecule is CC(C)c1nnc(N2CCCC2)n1C. The molecule has 2 heterocycles. The topological polar surface area (TPSA) is 34.0 Å². The number of aromatic nitrogens is 3. The van der Waals surface area contributed by atoms with E-state index in [4.69, 9.17) is 0 Å². The summed E-state index contributed by atoms with van der Waals surface area (Å²) in [6.07, 6.45) is 2.56. The van der Waals surface area contributed by atoms with Crippen molar-refractivity contribution >= 4 is 5.95 Å². The summed E-state index contributed by atoms with van der Waals surface area (Å²) in [5.74, 6) is 2.56. The molecule has 0 spiro atoms. The molecule has 0 saturated carbocycles. The molecule has 1 aliphatic heterocycles. The molecule has 0 radical (unpaired) electrons. The molecule has 0 aliphatic carbocycles. The smallest absolute Gasteiger partial charge is 0.226 e. The van der Waals surface area contributed by atoms with Crippen molar-refractivity contribution in [2.24, 2.45) is 7.05 Å². The first-order valence-electron chi connectivity index (χ1n) is 5.34. The van der Waals surface area contributed by atoms with Crippen LogP contribution in [0.4, 0.5) is 5.95 Å². The zero-order valence-electron chi connectivity index (χ0n) is 9.19. The number of hydrogen-bond acceptors (Lipinski definition) is 3. The summed E-state index contributed by atoms with van der Waals surface area (Å²) < 4.78 is 2.12. The molecule has 0 unspecified atom stereocenters. The van der Waals surface area contributed by atoms with Crippen LogP contribution in [0.5, 0.6) is 0 Å². The van der Waals surface area contributed by atoms with Crippen LogP contribution in [0.25, 0.3) is 0 Å². The van der Waals surface area contributed by atoms with E-state index in [2.05, 4.69) is 40.6 Å². The molecule has 4 heteroatoms. The van der Waals surface area contributed by atoms with Gasteiger partial charge in [-0.3, -0.25) is 0 Å². The molecular weight excluding hydrogens is 176 g/mol. The Morgan fingerprint density at radius 2 is 1.79 bits per heavy atom. The molecule has 1 aromatic rings. The average molecular weight is 194 g/mol. The summed E-state index contributed by atoms with van der Waals surface area (Å²) in [7, 11) is 2.06. The lowest BCUT2D eigenvalue weighted by Crippen LogP contribution is -2.21. The Bertz CT molecular complexity index is 310. The molecule has 1 aromatic heterocycles.